The lowest BCUT2D eigenvalue weighted by Crippen LogP contribution is -1.88. The minimum atomic E-state index is 0.338. The standard InChI is InChI=1S/C12H6Cl3NO/c13-10-5-12(15)11(14)4-9(10)7-1-2-16-8(3-7)6-17/h1-6H. The van der Waals surface area contributed by atoms with E-state index in [2.05, 4.69) is 4.98 Å². The normalized spacial score (nSPS) is 10.3. The predicted octanol–water partition coefficient (Wildman–Crippen LogP) is 4.52. The second-order valence-electron chi connectivity index (χ2n) is 3.33. The van der Waals surface area contributed by atoms with E-state index >= 15 is 0 Å². The Morgan fingerprint density at radius 2 is 1.71 bits per heavy atom. The molecule has 1 aromatic heterocycles. The van der Waals surface area contributed by atoms with Gasteiger partial charge in [-0.2, -0.15) is 0 Å². The van der Waals surface area contributed by atoms with Crippen molar-refractivity contribution in [1.29, 1.82) is 0 Å². The zero-order chi connectivity index (χ0) is 12.4. The Kier molecular flexibility index (Phi) is 3.67. The predicted molar refractivity (Wildman–Crippen MR) is 70.1 cm³/mol. The molecule has 1 heterocycles. The maximum absolute atomic E-state index is 10.7. The highest BCUT2D eigenvalue weighted by Crippen LogP contribution is 2.35. The van der Waals surface area contributed by atoms with E-state index in [9.17, 15) is 4.79 Å². The van der Waals surface area contributed by atoms with Crippen molar-refractivity contribution < 1.29 is 4.79 Å². The van der Waals surface area contributed by atoms with Gasteiger partial charge in [0.15, 0.2) is 6.29 Å². The molecule has 0 amide bonds. The second-order valence-corrected chi connectivity index (χ2v) is 4.55. The quantitative estimate of drug-likeness (QED) is 0.600. The third kappa shape index (κ3) is 2.60. The van der Waals surface area contributed by atoms with E-state index in [0.717, 1.165) is 5.56 Å². The van der Waals surface area contributed by atoms with E-state index < -0.39 is 0 Å². The summed E-state index contributed by atoms with van der Waals surface area (Å²) in [6.07, 6.45) is 2.22. The summed E-state index contributed by atoms with van der Waals surface area (Å²) in [4.78, 5) is 14.5. The Hall–Kier alpha value is -1.09. The lowest BCUT2D eigenvalue weighted by Gasteiger charge is -2.06. The van der Waals surface area contributed by atoms with Crippen molar-refractivity contribution in [3.63, 3.8) is 0 Å². The molecule has 2 rings (SSSR count). The van der Waals surface area contributed by atoms with E-state index in [0.29, 0.717) is 32.6 Å². The molecule has 0 saturated carbocycles. The first-order valence-electron chi connectivity index (χ1n) is 4.68. The zero-order valence-corrected chi connectivity index (χ0v) is 10.7. The van der Waals surface area contributed by atoms with Crippen LogP contribution in [0, 0.1) is 0 Å². The van der Waals surface area contributed by atoms with Crippen LogP contribution >= 0.6 is 34.8 Å². The van der Waals surface area contributed by atoms with Gasteiger partial charge in [0.2, 0.25) is 0 Å². The molecule has 86 valence electrons. The van der Waals surface area contributed by atoms with Gasteiger partial charge >= 0.3 is 0 Å². The van der Waals surface area contributed by atoms with Crippen LogP contribution in [0.3, 0.4) is 0 Å². The number of hydrogen-bond acceptors (Lipinski definition) is 2. The third-order valence-corrected chi connectivity index (χ3v) is 3.26. The number of nitrogens with zero attached hydrogens (tertiary/aromatic N) is 1. The molecule has 17 heavy (non-hydrogen) atoms. The highest BCUT2D eigenvalue weighted by molar-refractivity contribution is 6.44. The number of carbonyl (C=O) groups excluding carboxylic acids is 1. The smallest absolute Gasteiger partial charge is 0.168 e. The molecular formula is C12H6Cl3NO. The molecule has 0 unspecified atom stereocenters. The summed E-state index contributed by atoms with van der Waals surface area (Å²) < 4.78 is 0. The van der Waals surface area contributed by atoms with Crippen molar-refractivity contribution in [3.05, 3.63) is 51.2 Å². The van der Waals surface area contributed by atoms with Crippen LogP contribution in [0.15, 0.2) is 30.5 Å². The van der Waals surface area contributed by atoms with Crippen molar-refractivity contribution in [2.75, 3.05) is 0 Å². The minimum Gasteiger partial charge on any atom is -0.296 e. The lowest BCUT2D eigenvalue weighted by molar-refractivity contribution is 0.111. The molecule has 5 heteroatoms. The first-order chi connectivity index (χ1) is 8.11. The molecule has 0 spiro atoms. The van der Waals surface area contributed by atoms with E-state index in [4.69, 9.17) is 34.8 Å². The Labute approximate surface area is 113 Å². The maximum atomic E-state index is 10.7. The summed E-state index contributed by atoms with van der Waals surface area (Å²) in [6.45, 7) is 0. The Bertz CT molecular complexity index is 584. The van der Waals surface area contributed by atoms with Gasteiger partial charge in [-0.1, -0.05) is 34.8 Å². The molecule has 0 bridgehead atoms. The van der Waals surface area contributed by atoms with Gasteiger partial charge in [0.05, 0.1) is 10.0 Å². The van der Waals surface area contributed by atoms with Crippen LogP contribution in [-0.2, 0) is 0 Å². The second kappa shape index (κ2) is 5.05. The number of rotatable bonds is 2. The fourth-order valence-corrected chi connectivity index (χ4v) is 2.08. The van der Waals surface area contributed by atoms with Crippen LogP contribution in [0.1, 0.15) is 10.5 Å². The van der Waals surface area contributed by atoms with E-state index in [-0.39, 0.29) is 0 Å². The first-order valence-corrected chi connectivity index (χ1v) is 5.81. The SMILES string of the molecule is O=Cc1cc(-c2cc(Cl)c(Cl)cc2Cl)ccn1. The fourth-order valence-electron chi connectivity index (χ4n) is 1.42. The van der Waals surface area contributed by atoms with Crippen LogP contribution in [0.4, 0.5) is 0 Å². The van der Waals surface area contributed by atoms with Crippen LogP contribution in [0.2, 0.25) is 15.1 Å². The summed E-state index contributed by atoms with van der Waals surface area (Å²) in [6, 6.07) is 6.62. The van der Waals surface area contributed by atoms with Gasteiger partial charge in [-0.3, -0.25) is 9.78 Å². The number of aromatic nitrogens is 1. The molecule has 0 saturated heterocycles. The summed E-state index contributed by atoms with van der Waals surface area (Å²) in [5.74, 6) is 0. The molecule has 0 radical (unpaired) electrons. The van der Waals surface area contributed by atoms with Crippen LogP contribution in [-0.4, -0.2) is 11.3 Å². The number of pyridine rings is 1. The first kappa shape index (κ1) is 12.4. The average molecular weight is 287 g/mol. The Morgan fingerprint density at radius 1 is 1.00 bits per heavy atom. The zero-order valence-electron chi connectivity index (χ0n) is 8.45. The Balaban J connectivity index is 2.59. The molecule has 1 aromatic carbocycles. The van der Waals surface area contributed by atoms with Crippen molar-refractivity contribution in [2.24, 2.45) is 0 Å². The minimum absolute atomic E-state index is 0.338. The molecule has 0 aliphatic rings. The largest absolute Gasteiger partial charge is 0.296 e. The number of halogens is 3. The highest BCUT2D eigenvalue weighted by Gasteiger charge is 2.08. The van der Waals surface area contributed by atoms with Crippen molar-refractivity contribution in [3.8, 4) is 11.1 Å². The molecule has 0 aliphatic heterocycles. The van der Waals surface area contributed by atoms with Gasteiger partial charge in [-0.25, -0.2) is 0 Å². The van der Waals surface area contributed by atoms with Crippen molar-refractivity contribution in [1.82, 2.24) is 4.98 Å². The lowest BCUT2D eigenvalue weighted by atomic mass is 10.1. The Morgan fingerprint density at radius 3 is 2.41 bits per heavy atom. The topological polar surface area (TPSA) is 30.0 Å². The number of aldehydes is 1. The summed E-state index contributed by atoms with van der Waals surface area (Å²) >= 11 is 17.9. The van der Waals surface area contributed by atoms with E-state index in [1.807, 2.05) is 0 Å². The van der Waals surface area contributed by atoms with Gasteiger partial charge in [0.1, 0.15) is 5.69 Å². The van der Waals surface area contributed by atoms with Crippen molar-refractivity contribution in [2.45, 2.75) is 0 Å². The molecule has 0 aliphatic carbocycles. The van der Waals surface area contributed by atoms with Gasteiger partial charge in [-0.15, -0.1) is 0 Å². The van der Waals surface area contributed by atoms with Crippen LogP contribution in [0.25, 0.3) is 11.1 Å². The van der Waals surface area contributed by atoms with Crippen LogP contribution < -0.4 is 0 Å². The third-order valence-electron chi connectivity index (χ3n) is 2.22. The van der Waals surface area contributed by atoms with E-state index in [1.54, 1.807) is 24.3 Å². The van der Waals surface area contributed by atoms with E-state index in [1.165, 1.54) is 6.20 Å². The van der Waals surface area contributed by atoms with Crippen LogP contribution in [0.5, 0.6) is 0 Å². The summed E-state index contributed by atoms with van der Waals surface area (Å²) in [5, 5.41) is 1.28. The van der Waals surface area contributed by atoms with Gasteiger partial charge in [0.25, 0.3) is 0 Å². The molecule has 0 fully saturated rings. The van der Waals surface area contributed by atoms with Gasteiger partial charge in [-0.05, 0) is 29.8 Å². The monoisotopic (exact) mass is 285 g/mol. The number of benzene rings is 1. The number of hydrogen-bond donors (Lipinski definition) is 0. The van der Waals surface area contributed by atoms with Gasteiger partial charge < -0.3 is 0 Å². The number of carbonyl (C=O) groups is 1. The molecule has 2 aromatic rings. The highest BCUT2D eigenvalue weighted by atomic mass is 35.5. The molecule has 2 nitrogen and oxygen atoms in total. The van der Waals surface area contributed by atoms with Crippen molar-refractivity contribution >= 4 is 41.1 Å². The summed E-state index contributed by atoms with van der Waals surface area (Å²) in [7, 11) is 0. The fraction of sp³-hybridized carbons (Fsp3) is 0. The molecule has 0 N–H and O–H groups in total. The molecular weight excluding hydrogens is 280 g/mol. The van der Waals surface area contributed by atoms with Gasteiger partial charge in [0, 0.05) is 16.8 Å². The molecule has 0 atom stereocenters. The average Bonchev–Trinajstić information content (AvgIpc) is 2.34. The summed E-state index contributed by atoms with van der Waals surface area (Å²) in [5.41, 5.74) is 1.82. The maximum Gasteiger partial charge on any atom is 0.168 e.